The molecule has 5 rings (SSSR count). The number of nitrogens with one attached hydrogen (secondary N) is 2. The average Bonchev–Trinajstić information content (AvgIpc) is 3.40. The zero-order chi connectivity index (χ0) is 24.7. The molecule has 4 N–H and O–H groups in total. The number of nitrogens with two attached hydrogens (primary N) is 1. The van der Waals surface area contributed by atoms with E-state index >= 15 is 0 Å². The Morgan fingerprint density at radius 1 is 1.29 bits per heavy atom. The molecular weight excluding hydrogens is 468 g/mol. The third-order valence-electron chi connectivity index (χ3n) is 7.68. The van der Waals surface area contributed by atoms with Crippen LogP contribution in [0.1, 0.15) is 44.6 Å². The number of halogens is 1. The average molecular weight is 499 g/mol. The first-order valence-electron chi connectivity index (χ1n) is 12.3. The number of hydrogen-bond acceptors (Lipinski definition) is 7. The molecule has 0 saturated heterocycles. The van der Waals surface area contributed by atoms with Gasteiger partial charge >= 0.3 is 0 Å². The molecule has 186 valence electrons. The standard InChI is InChI=1S/C25H31ClN6O3/c1-3-32-18-11-19(35-2)17(10-13(18)5-4-6-20(32)33)29-25-28-12-16(26)24(31-25)30-22-15-8-7-14(9-15)21(22)23(27)34/h10-12,14-15,21-22H,3-9H2,1-2H3,(H2,27,34)(H2,28,29,30,31)/t14-,15+,21+,22-/m0/s1. The Balaban J connectivity index is 1.42. The van der Waals surface area contributed by atoms with Gasteiger partial charge in [-0.05, 0) is 62.5 Å². The van der Waals surface area contributed by atoms with Crippen molar-refractivity contribution >= 4 is 46.6 Å². The fourth-order valence-electron chi connectivity index (χ4n) is 6.09. The molecular formula is C25H31ClN6O3. The van der Waals surface area contributed by atoms with Crippen LogP contribution in [0, 0.1) is 17.8 Å². The summed E-state index contributed by atoms with van der Waals surface area (Å²) in [6.45, 7) is 2.58. The molecule has 2 amide bonds. The zero-order valence-electron chi connectivity index (χ0n) is 20.0. The highest BCUT2D eigenvalue weighted by Gasteiger charge is 2.50. The van der Waals surface area contributed by atoms with Crippen LogP contribution in [0.5, 0.6) is 5.75 Å². The lowest BCUT2D eigenvalue weighted by molar-refractivity contribution is -0.123. The van der Waals surface area contributed by atoms with Gasteiger partial charge in [-0.15, -0.1) is 0 Å². The summed E-state index contributed by atoms with van der Waals surface area (Å²) in [5.74, 6) is 1.76. The topological polar surface area (TPSA) is 122 Å². The first-order valence-corrected chi connectivity index (χ1v) is 12.6. The number of primary amides is 1. The second-order valence-corrected chi connectivity index (χ2v) is 10.0. The maximum atomic E-state index is 12.5. The van der Waals surface area contributed by atoms with Gasteiger partial charge < -0.3 is 26.0 Å². The van der Waals surface area contributed by atoms with E-state index in [1.54, 1.807) is 18.2 Å². The minimum Gasteiger partial charge on any atom is -0.494 e. The summed E-state index contributed by atoms with van der Waals surface area (Å²) in [5, 5.41) is 7.04. The van der Waals surface area contributed by atoms with Crippen molar-refractivity contribution in [2.75, 3.05) is 29.2 Å². The van der Waals surface area contributed by atoms with Gasteiger partial charge in [0.05, 0.1) is 30.6 Å². The molecule has 2 fully saturated rings. The number of carbonyl (C=O) groups is 2. The largest absolute Gasteiger partial charge is 0.494 e. The Morgan fingerprint density at radius 2 is 2.09 bits per heavy atom. The van der Waals surface area contributed by atoms with E-state index in [-0.39, 0.29) is 23.8 Å². The smallest absolute Gasteiger partial charge is 0.229 e. The van der Waals surface area contributed by atoms with Gasteiger partial charge in [0.2, 0.25) is 17.8 Å². The van der Waals surface area contributed by atoms with Crippen molar-refractivity contribution in [3.63, 3.8) is 0 Å². The first-order chi connectivity index (χ1) is 16.9. The lowest BCUT2D eigenvalue weighted by Crippen LogP contribution is -2.42. The number of hydrogen-bond donors (Lipinski definition) is 3. The van der Waals surface area contributed by atoms with Gasteiger partial charge in [0.25, 0.3) is 0 Å². The SMILES string of the molecule is CCN1C(=O)CCCc2cc(Nc3ncc(Cl)c(N[C@H]4[C@@H]5CC[C@@H](C5)[C@H]4C(N)=O)n3)c(OC)cc21. The highest BCUT2D eigenvalue weighted by Crippen LogP contribution is 2.49. The summed E-state index contributed by atoms with van der Waals surface area (Å²) in [5.41, 5.74) is 8.39. The number of anilines is 4. The number of benzene rings is 1. The van der Waals surface area contributed by atoms with E-state index in [0.29, 0.717) is 53.0 Å². The molecule has 35 heavy (non-hydrogen) atoms. The van der Waals surface area contributed by atoms with E-state index in [0.717, 1.165) is 43.4 Å². The van der Waals surface area contributed by atoms with E-state index in [1.165, 1.54) is 0 Å². The molecule has 9 nitrogen and oxygen atoms in total. The molecule has 0 radical (unpaired) electrons. The highest BCUT2D eigenvalue weighted by atomic mass is 35.5. The summed E-state index contributed by atoms with van der Waals surface area (Å²) in [6, 6.07) is 3.82. The predicted molar refractivity (Wildman–Crippen MR) is 135 cm³/mol. The number of nitrogens with zero attached hydrogens (tertiary/aromatic N) is 3. The minimum absolute atomic E-state index is 0.0777. The fraction of sp³-hybridized carbons (Fsp3) is 0.520. The Morgan fingerprint density at radius 3 is 2.83 bits per heavy atom. The molecule has 0 spiro atoms. The van der Waals surface area contributed by atoms with E-state index in [9.17, 15) is 9.59 Å². The fourth-order valence-corrected chi connectivity index (χ4v) is 6.24. The zero-order valence-corrected chi connectivity index (χ0v) is 20.8. The Hall–Kier alpha value is -3.07. The number of aryl methyl sites for hydroxylation is 1. The summed E-state index contributed by atoms with van der Waals surface area (Å²) in [4.78, 5) is 35.4. The molecule has 2 saturated carbocycles. The highest BCUT2D eigenvalue weighted by molar-refractivity contribution is 6.32. The predicted octanol–water partition coefficient (Wildman–Crippen LogP) is 3.88. The number of amides is 2. The molecule has 3 aliphatic rings. The monoisotopic (exact) mass is 498 g/mol. The summed E-state index contributed by atoms with van der Waals surface area (Å²) in [7, 11) is 1.59. The van der Waals surface area contributed by atoms with Crippen LogP contribution in [0.2, 0.25) is 5.02 Å². The van der Waals surface area contributed by atoms with Crippen molar-refractivity contribution in [3.05, 3.63) is 28.9 Å². The lowest BCUT2D eigenvalue weighted by Gasteiger charge is -2.30. The minimum atomic E-state index is -0.271. The lowest BCUT2D eigenvalue weighted by atomic mass is 9.84. The third kappa shape index (κ3) is 4.37. The van der Waals surface area contributed by atoms with Crippen LogP contribution in [-0.4, -0.2) is 41.5 Å². The molecule has 4 atom stereocenters. The van der Waals surface area contributed by atoms with E-state index in [1.807, 2.05) is 19.1 Å². The molecule has 2 aromatic rings. The molecule has 1 aliphatic heterocycles. The molecule has 2 bridgehead atoms. The van der Waals surface area contributed by atoms with E-state index < -0.39 is 0 Å². The van der Waals surface area contributed by atoms with Crippen LogP contribution < -0.4 is 26.0 Å². The molecule has 10 heteroatoms. The van der Waals surface area contributed by atoms with Crippen LogP contribution in [-0.2, 0) is 16.0 Å². The Labute approximate surface area is 209 Å². The Kier molecular flexibility index (Phi) is 6.44. The van der Waals surface area contributed by atoms with Gasteiger partial charge in [-0.3, -0.25) is 9.59 Å². The third-order valence-corrected chi connectivity index (χ3v) is 7.96. The summed E-state index contributed by atoms with van der Waals surface area (Å²) in [6.07, 6.45) is 6.77. The number of ether oxygens (including phenoxy) is 1. The Bertz CT molecular complexity index is 1160. The van der Waals surface area contributed by atoms with Gasteiger partial charge in [0, 0.05) is 25.1 Å². The van der Waals surface area contributed by atoms with Gasteiger partial charge in [-0.2, -0.15) is 4.98 Å². The molecule has 0 unspecified atom stereocenters. The normalized spacial score (nSPS) is 25.2. The van der Waals surface area contributed by atoms with E-state index in [2.05, 4.69) is 20.6 Å². The number of carbonyl (C=O) groups excluding carboxylic acids is 2. The van der Waals surface area contributed by atoms with Crippen molar-refractivity contribution in [3.8, 4) is 5.75 Å². The second-order valence-electron chi connectivity index (χ2n) is 9.62. The van der Waals surface area contributed by atoms with Gasteiger partial charge in [0.1, 0.15) is 10.8 Å². The van der Waals surface area contributed by atoms with Crippen molar-refractivity contribution in [2.24, 2.45) is 23.5 Å². The summed E-state index contributed by atoms with van der Waals surface area (Å²) >= 11 is 6.43. The molecule has 1 aromatic carbocycles. The second kappa shape index (κ2) is 9.53. The van der Waals surface area contributed by atoms with Crippen LogP contribution in [0.3, 0.4) is 0 Å². The first kappa shape index (κ1) is 23.7. The number of aromatic nitrogens is 2. The van der Waals surface area contributed by atoms with Crippen molar-refractivity contribution < 1.29 is 14.3 Å². The van der Waals surface area contributed by atoms with Gasteiger partial charge in [-0.1, -0.05) is 11.6 Å². The van der Waals surface area contributed by atoms with E-state index in [4.69, 9.17) is 22.1 Å². The number of methoxy groups -OCH3 is 1. The quantitative estimate of drug-likeness (QED) is 0.529. The number of fused-ring (bicyclic) bond motifs is 3. The van der Waals surface area contributed by atoms with Crippen molar-refractivity contribution in [2.45, 2.75) is 51.5 Å². The van der Waals surface area contributed by atoms with Crippen LogP contribution in [0.25, 0.3) is 0 Å². The molecule has 1 aromatic heterocycles. The van der Waals surface area contributed by atoms with Crippen LogP contribution >= 0.6 is 11.6 Å². The number of rotatable bonds is 7. The van der Waals surface area contributed by atoms with Crippen LogP contribution in [0.4, 0.5) is 23.1 Å². The van der Waals surface area contributed by atoms with Gasteiger partial charge in [-0.25, -0.2) is 4.98 Å². The van der Waals surface area contributed by atoms with Crippen molar-refractivity contribution in [1.82, 2.24) is 9.97 Å². The maximum Gasteiger partial charge on any atom is 0.229 e. The van der Waals surface area contributed by atoms with Crippen LogP contribution in [0.15, 0.2) is 18.3 Å². The van der Waals surface area contributed by atoms with Gasteiger partial charge in [0.15, 0.2) is 5.82 Å². The van der Waals surface area contributed by atoms with Crippen molar-refractivity contribution in [1.29, 1.82) is 0 Å². The molecule has 2 heterocycles. The molecule has 2 aliphatic carbocycles. The summed E-state index contributed by atoms with van der Waals surface area (Å²) < 4.78 is 5.64. The maximum absolute atomic E-state index is 12.5.